The van der Waals surface area contributed by atoms with Crippen molar-refractivity contribution in [3.05, 3.63) is 0 Å². The Morgan fingerprint density at radius 2 is 0.830 bits per heavy atom. The van der Waals surface area contributed by atoms with E-state index in [1.54, 1.807) is 0 Å². The van der Waals surface area contributed by atoms with Crippen molar-refractivity contribution in [2.75, 3.05) is 13.2 Å². The zero-order valence-corrected chi connectivity index (χ0v) is 33.9. The Morgan fingerprint density at radius 3 is 1.15 bits per heavy atom. The van der Waals surface area contributed by atoms with Crippen LogP contribution in [0.25, 0.3) is 0 Å². The van der Waals surface area contributed by atoms with Crippen molar-refractivity contribution in [2.24, 2.45) is 0 Å². The number of phosphoric acid groups is 1. The average Bonchev–Trinajstić information content (AvgIpc) is 3.02. The standard InChI is InChI=1S/C37H73O8P.Na/c1-3-5-7-9-11-13-15-17-19-21-23-25-27-29-31-36(38)43-33-35(34-44-46(40,41)42)45-37(39)32-30-28-26-24-22-20-18-16-14-12-10-8-6-4-2;/h35H,3-34H2,1-2H3,(H2,40,41,42);/q;+1/p-1. The minimum absolute atomic E-state index is 0. The van der Waals surface area contributed by atoms with Crippen LogP contribution in [0.15, 0.2) is 0 Å². The van der Waals surface area contributed by atoms with Crippen molar-refractivity contribution in [3.8, 4) is 0 Å². The van der Waals surface area contributed by atoms with Crippen LogP contribution in [-0.2, 0) is 28.2 Å². The van der Waals surface area contributed by atoms with E-state index in [1.165, 1.54) is 135 Å². The third kappa shape index (κ3) is 40.4. The van der Waals surface area contributed by atoms with E-state index in [2.05, 4.69) is 18.4 Å². The number of carbonyl (C=O) groups is 2. The number of esters is 2. The number of unbranched alkanes of at least 4 members (excludes halogenated alkanes) is 26. The predicted molar refractivity (Wildman–Crippen MR) is 186 cm³/mol. The van der Waals surface area contributed by atoms with Gasteiger partial charge in [-0.3, -0.25) is 14.2 Å². The zero-order chi connectivity index (χ0) is 34.0. The summed E-state index contributed by atoms with van der Waals surface area (Å²) in [4.78, 5) is 44.5. The smallest absolute Gasteiger partial charge is 0.756 e. The molecule has 0 heterocycles. The molecule has 0 spiro atoms. The fourth-order valence-corrected chi connectivity index (χ4v) is 6.08. The fraction of sp³-hybridized carbons (Fsp3) is 0.946. The monoisotopic (exact) mass is 698 g/mol. The molecule has 0 bridgehead atoms. The largest absolute Gasteiger partial charge is 1.00 e. The first-order valence-electron chi connectivity index (χ1n) is 19.3. The average molecular weight is 699 g/mol. The number of ether oxygens (including phenoxy) is 2. The molecule has 0 amide bonds. The van der Waals surface area contributed by atoms with E-state index in [9.17, 15) is 19.0 Å². The molecule has 0 aliphatic rings. The number of hydrogen-bond donors (Lipinski definition) is 1. The van der Waals surface area contributed by atoms with E-state index < -0.39 is 32.5 Å². The van der Waals surface area contributed by atoms with Crippen LogP contribution in [0, 0.1) is 0 Å². The Hall–Kier alpha value is 0.0500. The Morgan fingerprint density at radius 1 is 0.532 bits per heavy atom. The van der Waals surface area contributed by atoms with Gasteiger partial charge in [0.15, 0.2) is 6.10 Å². The van der Waals surface area contributed by atoms with Gasteiger partial charge in [-0.05, 0) is 12.8 Å². The molecule has 0 aliphatic carbocycles. The van der Waals surface area contributed by atoms with Crippen molar-refractivity contribution < 1.29 is 67.5 Å². The summed E-state index contributed by atoms with van der Waals surface area (Å²) in [6.45, 7) is 3.60. The Kier molecular flexibility index (Phi) is 39.0. The van der Waals surface area contributed by atoms with Gasteiger partial charge < -0.3 is 23.8 Å². The first-order chi connectivity index (χ1) is 22.3. The molecule has 0 aliphatic heterocycles. The molecule has 47 heavy (non-hydrogen) atoms. The van der Waals surface area contributed by atoms with Crippen LogP contribution < -0.4 is 34.5 Å². The Balaban J connectivity index is 0. The van der Waals surface area contributed by atoms with E-state index in [4.69, 9.17) is 14.4 Å². The van der Waals surface area contributed by atoms with Crippen LogP contribution in [0.2, 0.25) is 0 Å². The van der Waals surface area contributed by atoms with Crippen LogP contribution in [0.4, 0.5) is 0 Å². The third-order valence-corrected chi connectivity index (χ3v) is 9.10. The molecule has 10 heteroatoms. The summed E-state index contributed by atoms with van der Waals surface area (Å²) in [5.74, 6) is -0.907. The van der Waals surface area contributed by atoms with Crippen molar-refractivity contribution in [3.63, 3.8) is 0 Å². The van der Waals surface area contributed by atoms with Gasteiger partial charge in [-0.15, -0.1) is 0 Å². The van der Waals surface area contributed by atoms with Crippen molar-refractivity contribution in [1.29, 1.82) is 0 Å². The number of carbonyl (C=O) groups excluding carboxylic acids is 2. The minimum atomic E-state index is -4.99. The van der Waals surface area contributed by atoms with Crippen LogP contribution >= 0.6 is 7.82 Å². The van der Waals surface area contributed by atoms with Crippen molar-refractivity contribution >= 4 is 19.8 Å². The second kappa shape index (κ2) is 37.3. The van der Waals surface area contributed by atoms with E-state index in [1.807, 2.05) is 0 Å². The SMILES string of the molecule is CCCCCCCCCCCCCCCCC(=O)OCC(COP(=O)([O-])O)OC(=O)CCCCCCCCCCCCCCCC.[Na+]. The third-order valence-electron chi connectivity index (χ3n) is 8.62. The van der Waals surface area contributed by atoms with Gasteiger partial charge in [0, 0.05) is 12.8 Å². The molecule has 2 atom stereocenters. The van der Waals surface area contributed by atoms with Gasteiger partial charge in [-0.2, -0.15) is 0 Å². The molecule has 0 radical (unpaired) electrons. The van der Waals surface area contributed by atoms with Crippen LogP contribution in [0.5, 0.6) is 0 Å². The van der Waals surface area contributed by atoms with E-state index >= 15 is 0 Å². The molecule has 0 aromatic heterocycles. The van der Waals surface area contributed by atoms with Crippen molar-refractivity contribution in [2.45, 2.75) is 213 Å². The van der Waals surface area contributed by atoms with Gasteiger partial charge >= 0.3 is 41.5 Å². The second-order valence-corrected chi connectivity index (χ2v) is 14.4. The Labute approximate surface area is 311 Å². The zero-order valence-electron chi connectivity index (χ0n) is 31.0. The van der Waals surface area contributed by atoms with E-state index in [0.29, 0.717) is 6.42 Å². The summed E-state index contributed by atoms with van der Waals surface area (Å²) in [6, 6.07) is 0. The van der Waals surface area contributed by atoms with Gasteiger partial charge in [0.05, 0.1) is 6.61 Å². The van der Waals surface area contributed by atoms with Gasteiger partial charge in [0.1, 0.15) is 6.61 Å². The number of phosphoric ester groups is 1. The number of rotatable bonds is 36. The molecule has 0 aromatic rings. The summed E-state index contributed by atoms with van der Waals surface area (Å²) < 4.78 is 26.0. The summed E-state index contributed by atoms with van der Waals surface area (Å²) in [5.41, 5.74) is 0. The quantitative estimate of drug-likeness (QED) is 0.0306. The maximum Gasteiger partial charge on any atom is 1.00 e. The maximum atomic E-state index is 12.3. The molecule has 0 saturated heterocycles. The first-order valence-corrected chi connectivity index (χ1v) is 20.8. The molecule has 0 rings (SSSR count). The molecule has 0 saturated carbocycles. The Bertz CT molecular complexity index is 733. The van der Waals surface area contributed by atoms with Crippen molar-refractivity contribution in [1.82, 2.24) is 0 Å². The number of hydrogen-bond acceptors (Lipinski definition) is 7. The molecule has 2 unspecified atom stereocenters. The van der Waals surface area contributed by atoms with Gasteiger partial charge in [-0.25, -0.2) is 0 Å². The molecule has 0 fully saturated rings. The normalized spacial score (nSPS) is 13.1. The summed E-state index contributed by atoms with van der Waals surface area (Å²) in [5, 5.41) is 0. The minimum Gasteiger partial charge on any atom is -0.756 e. The van der Waals surface area contributed by atoms with Crippen LogP contribution in [0.3, 0.4) is 0 Å². The molecule has 0 aromatic carbocycles. The fourth-order valence-electron chi connectivity index (χ4n) is 5.72. The van der Waals surface area contributed by atoms with Gasteiger partial charge in [0.25, 0.3) is 7.82 Å². The van der Waals surface area contributed by atoms with Gasteiger partial charge in [0.2, 0.25) is 0 Å². The van der Waals surface area contributed by atoms with Crippen LogP contribution in [0.1, 0.15) is 206 Å². The van der Waals surface area contributed by atoms with Gasteiger partial charge in [-0.1, -0.05) is 181 Å². The first kappa shape index (κ1) is 49.2. The summed E-state index contributed by atoms with van der Waals surface area (Å²) in [6.07, 6.45) is 33.7. The van der Waals surface area contributed by atoms with E-state index in [-0.39, 0.29) is 49.0 Å². The molecule has 1 N–H and O–H groups in total. The van der Waals surface area contributed by atoms with E-state index in [0.717, 1.165) is 38.5 Å². The predicted octanol–water partition coefficient (Wildman–Crippen LogP) is 7.67. The second-order valence-electron chi connectivity index (χ2n) is 13.3. The molecular weight excluding hydrogens is 626 g/mol. The molecule has 8 nitrogen and oxygen atoms in total. The maximum absolute atomic E-state index is 12.3. The summed E-state index contributed by atoms with van der Waals surface area (Å²) >= 11 is 0. The molecular formula is C37H72NaO8P. The summed E-state index contributed by atoms with van der Waals surface area (Å²) in [7, 11) is -4.99. The van der Waals surface area contributed by atoms with Crippen LogP contribution in [-0.4, -0.2) is 36.1 Å². The molecule has 274 valence electrons. The topological polar surface area (TPSA) is 122 Å².